The molecular weight excluding hydrogens is 260 g/mol. The van der Waals surface area contributed by atoms with Crippen molar-refractivity contribution in [3.8, 4) is 0 Å². The summed E-state index contributed by atoms with van der Waals surface area (Å²) in [6.07, 6.45) is -2.90. The Kier molecular flexibility index (Phi) is 4.86. The summed E-state index contributed by atoms with van der Waals surface area (Å²) in [7, 11) is 0. The Labute approximate surface area is 111 Å². The molecule has 1 amide bonds. The molecule has 1 aliphatic rings. The van der Waals surface area contributed by atoms with Gasteiger partial charge in [0.15, 0.2) is 6.10 Å². The van der Waals surface area contributed by atoms with Gasteiger partial charge in [-0.3, -0.25) is 4.79 Å². The van der Waals surface area contributed by atoms with E-state index in [-0.39, 0.29) is 13.0 Å². The molecule has 0 aromatic heterocycles. The van der Waals surface area contributed by atoms with Crippen molar-refractivity contribution in [3.05, 3.63) is 0 Å². The van der Waals surface area contributed by atoms with E-state index in [0.29, 0.717) is 0 Å². The first-order valence-corrected chi connectivity index (χ1v) is 6.20. The number of rotatable bonds is 3. The van der Waals surface area contributed by atoms with E-state index in [1.807, 2.05) is 0 Å². The lowest BCUT2D eigenvalue weighted by Gasteiger charge is -2.41. The average Bonchev–Trinajstić information content (AvgIpc) is 2.28. The lowest BCUT2D eigenvalue weighted by molar-refractivity contribution is -0.209. The first-order chi connectivity index (χ1) is 8.57. The molecule has 1 saturated heterocycles. The molecule has 1 aliphatic heterocycles. The molecule has 112 valence electrons. The molecule has 0 unspecified atom stereocenters. The van der Waals surface area contributed by atoms with E-state index in [1.54, 1.807) is 20.8 Å². The first kappa shape index (κ1) is 16.3. The van der Waals surface area contributed by atoms with Crippen LogP contribution in [0.25, 0.3) is 0 Å². The van der Waals surface area contributed by atoms with Crippen LogP contribution in [0.4, 0.5) is 8.78 Å². The van der Waals surface area contributed by atoms with Crippen LogP contribution in [0, 0.1) is 0 Å². The number of hydrogen-bond acceptors (Lipinski definition) is 4. The predicted molar refractivity (Wildman–Crippen MR) is 63.9 cm³/mol. The maximum absolute atomic E-state index is 13.9. The predicted octanol–water partition coefficient (Wildman–Crippen LogP) is 0.391. The molecule has 5 nitrogen and oxygen atoms in total. The third-order valence-electron chi connectivity index (χ3n) is 2.80. The largest absolute Gasteiger partial charge is 0.393 e. The number of piperidine rings is 1. The standard InChI is InChI=1S/C12H21F2NO4/c1-11(2,3)19-9-4-5-15(7-12(9,13)14)10(18)8(17)6-16/h8-9,16-17H,4-7H2,1-3H3/t8-,9-/m0/s1. The lowest BCUT2D eigenvalue weighted by atomic mass is 10.0. The van der Waals surface area contributed by atoms with Crippen LogP contribution in [-0.4, -0.2) is 64.4 Å². The second-order valence-electron chi connectivity index (χ2n) is 5.73. The summed E-state index contributed by atoms with van der Waals surface area (Å²) >= 11 is 0. The highest BCUT2D eigenvalue weighted by Crippen LogP contribution is 2.32. The molecule has 1 rings (SSSR count). The van der Waals surface area contributed by atoms with Gasteiger partial charge < -0.3 is 19.8 Å². The first-order valence-electron chi connectivity index (χ1n) is 6.20. The van der Waals surface area contributed by atoms with Crippen molar-refractivity contribution in [3.63, 3.8) is 0 Å². The minimum atomic E-state index is -3.17. The summed E-state index contributed by atoms with van der Waals surface area (Å²) in [5, 5.41) is 17.8. The van der Waals surface area contributed by atoms with Crippen molar-refractivity contribution in [1.29, 1.82) is 0 Å². The number of carbonyl (C=O) groups is 1. The van der Waals surface area contributed by atoms with E-state index < -0.39 is 42.8 Å². The van der Waals surface area contributed by atoms with Gasteiger partial charge in [0.2, 0.25) is 0 Å². The van der Waals surface area contributed by atoms with Gasteiger partial charge in [-0.05, 0) is 27.2 Å². The zero-order valence-electron chi connectivity index (χ0n) is 11.4. The van der Waals surface area contributed by atoms with Crippen LogP contribution in [0.5, 0.6) is 0 Å². The van der Waals surface area contributed by atoms with Crippen molar-refractivity contribution in [2.45, 2.75) is 50.9 Å². The number of carbonyl (C=O) groups excluding carboxylic acids is 1. The van der Waals surface area contributed by atoms with E-state index in [9.17, 15) is 18.7 Å². The fourth-order valence-corrected chi connectivity index (χ4v) is 1.97. The average molecular weight is 281 g/mol. The normalized spacial score (nSPS) is 25.2. The molecule has 0 aliphatic carbocycles. The number of ether oxygens (including phenoxy) is 1. The summed E-state index contributed by atoms with van der Waals surface area (Å²) in [6.45, 7) is 3.57. The molecule has 2 N–H and O–H groups in total. The van der Waals surface area contributed by atoms with Gasteiger partial charge in [0.25, 0.3) is 11.8 Å². The van der Waals surface area contributed by atoms with Crippen molar-refractivity contribution in [1.82, 2.24) is 4.90 Å². The molecule has 19 heavy (non-hydrogen) atoms. The highest BCUT2D eigenvalue weighted by molar-refractivity contribution is 5.81. The second kappa shape index (κ2) is 5.68. The van der Waals surface area contributed by atoms with Gasteiger partial charge in [-0.15, -0.1) is 0 Å². The summed E-state index contributed by atoms with van der Waals surface area (Å²) in [5.41, 5.74) is -0.690. The molecule has 0 spiro atoms. The minimum Gasteiger partial charge on any atom is -0.393 e. The van der Waals surface area contributed by atoms with Gasteiger partial charge >= 0.3 is 0 Å². The van der Waals surface area contributed by atoms with Gasteiger partial charge in [0.1, 0.15) is 6.10 Å². The van der Waals surface area contributed by atoms with Crippen LogP contribution in [0.1, 0.15) is 27.2 Å². The second-order valence-corrected chi connectivity index (χ2v) is 5.73. The van der Waals surface area contributed by atoms with Gasteiger partial charge in [-0.2, -0.15) is 0 Å². The van der Waals surface area contributed by atoms with Crippen LogP contribution in [0.15, 0.2) is 0 Å². The van der Waals surface area contributed by atoms with Crippen LogP contribution < -0.4 is 0 Å². The topological polar surface area (TPSA) is 70.0 Å². The quantitative estimate of drug-likeness (QED) is 0.785. The number of aliphatic hydroxyl groups is 2. The van der Waals surface area contributed by atoms with E-state index >= 15 is 0 Å². The van der Waals surface area contributed by atoms with Crippen LogP contribution in [0.2, 0.25) is 0 Å². The third-order valence-corrected chi connectivity index (χ3v) is 2.80. The lowest BCUT2D eigenvalue weighted by Crippen LogP contribution is -2.57. The van der Waals surface area contributed by atoms with Crippen molar-refractivity contribution >= 4 is 5.91 Å². The molecule has 0 aromatic carbocycles. The van der Waals surface area contributed by atoms with Crippen LogP contribution in [-0.2, 0) is 9.53 Å². The molecule has 0 bridgehead atoms. The highest BCUT2D eigenvalue weighted by atomic mass is 19.3. The number of nitrogens with zero attached hydrogens (tertiary/aromatic N) is 1. The fourth-order valence-electron chi connectivity index (χ4n) is 1.97. The molecule has 0 saturated carbocycles. The van der Waals surface area contributed by atoms with Crippen molar-refractivity contribution in [2.75, 3.05) is 19.7 Å². The number of hydrogen-bond donors (Lipinski definition) is 2. The monoisotopic (exact) mass is 281 g/mol. The number of likely N-dealkylation sites (tertiary alicyclic amines) is 1. The molecule has 1 fully saturated rings. The SMILES string of the molecule is CC(C)(C)O[C@H]1CCN(C(=O)[C@@H](O)CO)CC1(F)F. The number of amides is 1. The highest BCUT2D eigenvalue weighted by Gasteiger charge is 2.48. The smallest absolute Gasteiger partial charge is 0.290 e. The molecule has 0 aromatic rings. The number of halogens is 2. The summed E-state index contributed by atoms with van der Waals surface area (Å²) in [4.78, 5) is 12.4. The Morgan fingerprint density at radius 1 is 1.53 bits per heavy atom. The third kappa shape index (κ3) is 4.36. The van der Waals surface area contributed by atoms with Gasteiger partial charge in [0, 0.05) is 6.54 Å². The van der Waals surface area contributed by atoms with Gasteiger partial charge in [-0.1, -0.05) is 0 Å². The number of aliphatic hydroxyl groups excluding tert-OH is 2. The molecule has 1 heterocycles. The zero-order chi connectivity index (χ0) is 14.8. The fraction of sp³-hybridized carbons (Fsp3) is 0.917. The Balaban J connectivity index is 2.69. The Hall–Kier alpha value is -0.790. The van der Waals surface area contributed by atoms with Crippen LogP contribution in [0.3, 0.4) is 0 Å². The molecular formula is C12H21F2NO4. The maximum atomic E-state index is 13.9. The Bertz CT molecular complexity index is 330. The van der Waals surface area contributed by atoms with Gasteiger partial charge in [-0.25, -0.2) is 8.78 Å². The summed E-state index contributed by atoms with van der Waals surface area (Å²) in [5.74, 6) is -4.05. The van der Waals surface area contributed by atoms with E-state index in [4.69, 9.17) is 9.84 Å². The zero-order valence-corrected chi connectivity index (χ0v) is 11.4. The van der Waals surface area contributed by atoms with E-state index in [1.165, 1.54) is 0 Å². The van der Waals surface area contributed by atoms with E-state index in [2.05, 4.69) is 0 Å². The molecule has 7 heteroatoms. The van der Waals surface area contributed by atoms with Crippen molar-refractivity contribution in [2.24, 2.45) is 0 Å². The summed E-state index contributed by atoms with van der Waals surface area (Å²) < 4.78 is 33.1. The van der Waals surface area contributed by atoms with Crippen molar-refractivity contribution < 1.29 is 28.5 Å². The van der Waals surface area contributed by atoms with E-state index in [0.717, 1.165) is 4.90 Å². The Morgan fingerprint density at radius 2 is 2.11 bits per heavy atom. The minimum absolute atomic E-state index is 0.00580. The Morgan fingerprint density at radius 3 is 2.53 bits per heavy atom. The molecule has 0 radical (unpaired) electrons. The maximum Gasteiger partial charge on any atom is 0.290 e. The van der Waals surface area contributed by atoms with Gasteiger partial charge in [0.05, 0.1) is 18.8 Å². The summed E-state index contributed by atoms with van der Waals surface area (Å²) in [6, 6.07) is 0. The number of alkyl halides is 2. The van der Waals surface area contributed by atoms with Crippen LogP contribution >= 0.6 is 0 Å². The molecule has 2 atom stereocenters.